The number of alkyl carbamates (subject to hydrolysis) is 1. The molecule has 0 aliphatic carbocycles. The molecular weight excluding hydrogens is 1210 g/mol. The Morgan fingerprint density at radius 3 is 1.19 bits per heavy atom. The zero-order valence-corrected chi connectivity index (χ0v) is 59.9. The van der Waals surface area contributed by atoms with Crippen LogP contribution in [0.25, 0.3) is 0 Å². The summed E-state index contributed by atoms with van der Waals surface area (Å²) in [5, 5.41) is 9.32. The zero-order valence-electron chi connectivity index (χ0n) is 59.9. The summed E-state index contributed by atoms with van der Waals surface area (Å²) in [6, 6.07) is 37.3. The molecule has 5 aromatic carbocycles. The Bertz CT molecular complexity index is 2910. The average Bonchev–Trinajstić information content (AvgIpc) is 0.870. The molecule has 0 aromatic heterocycles. The van der Waals surface area contributed by atoms with E-state index in [4.69, 9.17) is 34.2 Å². The quantitative estimate of drug-likeness (QED) is 0.0325. The van der Waals surface area contributed by atoms with Gasteiger partial charge in [-0.1, -0.05) is 102 Å². The summed E-state index contributed by atoms with van der Waals surface area (Å²) in [7, 11) is 4.27. The van der Waals surface area contributed by atoms with E-state index in [1.165, 1.54) is 50.2 Å². The lowest BCUT2D eigenvalue weighted by molar-refractivity contribution is -0.0294. The first-order chi connectivity index (χ1) is 44.6. The number of benzene rings is 5. The minimum absolute atomic E-state index is 0.0842. The van der Waals surface area contributed by atoms with Crippen molar-refractivity contribution in [1.29, 1.82) is 0 Å². The van der Waals surface area contributed by atoms with E-state index < -0.39 is 35.2 Å². The third-order valence-electron chi connectivity index (χ3n) is 13.9. The van der Waals surface area contributed by atoms with Gasteiger partial charge < -0.3 is 69.5 Å². The summed E-state index contributed by atoms with van der Waals surface area (Å²) in [5.74, 6) is 3.73. The average molecular weight is 1330 g/mol. The molecule has 5 N–H and O–H groups in total. The second-order valence-electron chi connectivity index (χ2n) is 28.2. The molecule has 18 nitrogen and oxygen atoms in total. The molecule has 3 amide bonds. The second kappa shape index (κ2) is 42.1. The van der Waals surface area contributed by atoms with Crippen molar-refractivity contribution < 1.29 is 61.1 Å². The number of amides is 3. The van der Waals surface area contributed by atoms with Crippen molar-refractivity contribution in [2.75, 3.05) is 60.1 Å². The lowest BCUT2D eigenvalue weighted by Gasteiger charge is -2.37. The Kier molecular flexibility index (Phi) is 36.2. The van der Waals surface area contributed by atoms with E-state index in [0.717, 1.165) is 84.1 Å². The molecule has 5 aromatic rings. The summed E-state index contributed by atoms with van der Waals surface area (Å²) in [4.78, 5) is 53.2. The van der Waals surface area contributed by atoms with Crippen LogP contribution in [0.4, 0.5) is 28.0 Å². The Morgan fingerprint density at radius 2 is 0.821 bits per heavy atom. The molecule has 2 heterocycles. The number of likely N-dealkylation sites (tertiary alicyclic amines) is 2. The van der Waals surface area contributed by atoms with Crippen LogP contribution in [0.3, 0.4) is 0 Å². The van der Waals surface area contributed by atoms with Gasteiger partial charge in [-0.2, -0.15) is 0 Å². The van der Waals surface area contributed by atoms with Gasteiger partial charge in [0, 0.05) is 44.8 Å². The van der Waals surface area contributed by atoms with Crippen LogP contribution >= 0.6 is 0 Å². The SMILES string of the molecule is CC(C)(C)OC(=O)OC(=O)OC(C)(C)C.CC(C)COc1ccc(CN)cc1.CC(C)COc1ccc(CNC(=O)N(Cc2ccc(F)cc2)C2CCN(C)CC2)cc1.CC(C)COc1ccc(CNC(=O)OC(C)(C)C)cc1.CN1CCC(NCc2ccc(F)cc2)CC1. The van der Waals surface area contributed by atoms with Gasteiger partial charge in [0.2, 0.25) is 0 Å². The highest BCUT2D eigenvalue weighted by molar-refractivity contribution is 5.77. The molecule has 0 unspecified atom stereocenters. The molecule has 20 heteroatoms. The number of halogens is 2. The van der Waals surface area contributed by atoms with Gasteiger partial charge in [-0.15, -0.1) is 0 Å². The standard InChI is InChI=1S/C25H34FN3O2.C16H25NO3.C13H19FN2.C11H17NO.C10H18O5/c1-19(2)18-31-24-10-6-20(7-11-24)16-27-25(30)29(23-12-14-28(3)15-13-23)17-21-4-8-22(26)9-5-21;1-12(2)11-19-14-8-6-13(7-9-14)10-17-15(18)20-16(3,4)5;1-16-8-6-13(7-9-16)15-10-11-2-4-12(14)5-3-11;1-9(2)8-13-11-5-3-10(7-12)4-6-11;1-9(2,3)14-7(11)13-8(12)15-10(4,5)6/h4-11,19,23H,12-18H2,1-3H3,(H,27,30);6-9,12H,10-11H2,1-5H3,(H,17,18);2-5,13,15H,6-10H2,1H3;3-6,9H,7-8,12H2,1-2H3;1-6H3. The van der Waals surface area contributed by atoms with Crippen molar-refractivity contribution in [3.05, 3.63) is 161 Å². The fourth-order valence-corrected chi connectivity index (χ4v) is 8.83. The Balaban J connectivity index is 0.000000323. The van der Waals surface area contributed by atoms with Crippen LogP contribution in [0.1, 0.15) is 157 Å². The van der Waals surface area contributed by atoms with Gasteiger partial charge in [-0.05, 0) is 235 Å². The molecule has 0 atom stereocenters. The van der Waals surface area contributed by atoms with Crippen LogP contribution in [-0.4, -0.2) is 128 Å². The minimum atomic E-state index is -1.06. The molecule has 95 heavy (non-hydrogen) atoms. The zero-order chi connectivity index (χ0) is 70.7. The van der Waals surface area contributed by atoms with E-state index in [9.17, 15) is 28.0 Å². The van der Waals surface area contributed by atoms with Gasteiger partial charge in [0.25, 0.3) is 0 Å². The van der Waals surface area contributed by atoms with Gasteiger partial charge in [0.1, 0.15) is 45.7 Å². The molecule has 0 bridgehead atoms. The Labute approximate surface area is 566 Å². The van der Waals surface area contributed by atoms with E-state index in [-0.39, 0.29) is 23.7 Å². The van der Waals surface area contributed by atoms with E-state index in [1.807, 2.05) is 111 Å². The van der Waals surface area contributed by atoms with Crippen molar-refractivity contribution in [2.45, 2.75) is 191 Å². The lowest BCUT2D eigenvalue weighted by Crippen LogP contribution is -2.49. The van der Waals surface area contributed by atoms with Crippen LogP contribution in [0.15, 0.2) is 121 Å². The molecule has 528 valence electrons. The van der Waals surface area contributed by atoms with Crippen LogP contribution < -0.4 is 35.9 Å². The first-order valence-electron chi connectivity index (χ1n) is 33.2. The summed E-state index contributed by atoms with van der Waals surface area (Å²) >= 11 is 0. The van der Waals surface area contributed by atoms with Gasteiger partial charge in [0.15, 0.2) is 0 Å². The fraction of sp³-hybridized carbons (Fsp3) is 0.547. The molecule has 2 fully saturated rings. The number of urea groups is 1. The van der Waals surface area contributed by atoms with Crippen molar-refractivity contribution in [3.8, 4) is 17.2 Å². The number of ether oxygens (including phenoxy) is 7. The smallest absolute Gasteiger partial charge is 0.493 e. The van der Waals surface area contributed by atoms with Crippen LogP contribution in [-0.2, 0) is 51.7 Å². The molecule has 2 saturated heterocycles. The number of carbonyl (C=O) groups excluding carboxylic acids is 4. The molecule has 7 rings (SSSR count). The number of nitrogens with one attached hydrogen (secondary N) is 3. The Morgan fingerprint density at radius 1 is 0.484 bits per heavy atom. The highest BCUT2D eigenvalue weighted by atomic mass is 19.1. The third-order valence-corrected chi connectivity index (χ3v) is 13.9. The maximum atomic E-state index is 13.3. The van der Waals surface area contributed by atoms with Crippen molar-refractivity contribution in [1.82, 2.24) is 30.7 Å². The van der Waals surface area contributed by atoms with Crippen LogP contribution in [0, 0.1) is 29.4 Å². The number of nitrogens with zero attached hydrogens (tertiary/aromatic N) is 3. The largest absolute Gasteiger partial charge is 0.519 e. The predicted octanol–water partition coefficient (Wildman–Crippen LogP) is 15.5. The number of hydrogen-bond donors (Lipinski definition) is 4. The second-order valence-corrected chi connectivity index (χ2v) is 28.2. The first kappa shape index (κ1) is 81.7. The minimum Gasteiger partial charge on any atom is -0.493 e. The topological polar surface area (TPSA) is 205 Å². The number of hydrogen-bond acceptors (Lipinski definition) is 15. The maximum Gasteiger partial charge on any atom is 0.519 e. The lowest BCUT2D eigenvalue weighted by atomic mass is 10.0. The number of rotatable bonds is 20. The van der Waals surface area contributed by atoms with Crippen LogP contribution in [0.5, 0.6) is 17.2 Å². The molecule has 0 saturated carbocycles. The van der Waals surface area contributed by atoms with Gasteiger partial charge in [0.05, 0.1) is 19.8 Å². The van der Waals surface area contributed by atoms with E-state index in [2.05, 4.69) is 86.1 Å². The van der Waals surface area contributed by atoms with Crippen molar-refractivity contribution >= 4 is 24.4 Å². The van der Waals surface area contributed by atoms with Gasteiger partial charge >= 0.3 is 24.4 Å². The number of carbonyl (C=O) groups is 4. The van der Waals surface area contributed by atoms with E-state index in [0.29, 0.717) is 63.2 Å². The molecule has 2 aliphatic heterocycles. The molecule has 0 spiro atoms. The fourth-order valence-electron chi connectivity index (χ4n) is 8.83. The summed E-state index contributed by atoms with van der Waals surface area (Å²) in [6.07, 6.45) is 1.76. The van der Waals surface area contributed by atoms with Crippen molar-refractivity contribution in [3.63, 3.8) is 0 Å². The monoisotopic (exact) mass is 1330 g/mol. The van der Waals surface area contributed by atoms with E-state index >= 15 is 0 Å². The van der Waals surface area contributed by atoms with Gasteiger partial charge in [-0.25, -0.2) is 28.0 Å². The van der Waals surface area contributed by atoms with Crippen molar-refractivity contribution in [2.24, 2.45) is 23.5 Å². The number of piperidine rings is 2. The predicted molar refractivity (Wildman–Crippen MR) is 373 cm³/mol. The highest BCUT2D eigenvalue weighted by Gasteiger charge is 2.28. The maximum absolute atomic E-state index is 13.3. The Hall–Kier alpha value is -7.52. The summed E-state index contributed by atoms with van der Waals surface area (Å²) < 4.78 is 61.8. The van der Waals surface area contributed by atoms with Gasteiger partial charge in [-0.3, -0.25) is 0 Å². The summed E-state index contributed by atoms with van der Waals surface area (Å²) in [6.45, 7) is 37.5. The highest BCUT2D eigenvalue weighted by Crippen LogP contribution is 2.22. The third kappa shape index (κ3) is 39.2. The van der Waals surface area contributed by atoms with E-state index in [1.54, 1.807) is 53.7 Å². The summed E-state index contributed by atoms with van der Waals surface area (Å²) in [5.41, 5.74) is 8.87. The number of nitrogens with two attached hydrogens (primary N) is 1. The van der Waals surface area contributed by atoms with Crippen LogP contribution in [0.2, 0.25) is 0 Å². The molecule has 2 aliphatic rings. The normalized spacial score (nSPS) is 13.8. The molecule has 0 radical (unpaired) electrons. The molecular formula is C75H113F2N7O11. The first-order valence-corrected chi connectivity index (χ1v) is 33.2.